The first kappa shape index (κ1) is 18.5. The molecule has 1 unspecified atom stereocenters. The van der Waals surface area contributed by atoms with Crippen molar-refractivity contribution in [3.05, 3.63) is 47.4 Å². The van der Waals surface area contributed by atoms with Crippen molar-refractivity contribution in [3.63, 3.8) is 0 Å². The maximum Gasteiger partial charge on any atom is 0.423 e. The van der Waals surface area contributed by atoms with Crippen LogP contribution in [0.25, 0.3) is 5.52 Å². The van der Waals surface area contributed by atoms with Gasteiger partial charge in [-0.1, -0.05) is 12.1 Å². The predicted octanol–water partition coefficient (Wildman–Crippen LogP) is 0.869. The molecule has 10 heteroatoms. The van der Waals surface area contributed by atoms with Crippen LogP contribution in [0, 0.1) is 11.3 Å². The maximum absolute atomic E-state index is 13.1. The number of nitrogens with zero attached hydrogens (tertiary/aromatic N) is 5. The Morgan fingerprint density at radius 3 is 2.69 bits per heavy atom. The average Bonchev–Trinajstić information content (AvgIpc) is 3.18. The number of hydrogen-bond acceptors (Lipinski definition) is 4. The maximum atomic E-state index is 13.1. The molecule has 0 radical (unpaired) electrons. The lowest BCUT2D eigenvalue weighted by atomic mass is 9.96. The Morgan fingerprint density at radius 1 is 1.35 bits per heavy atom. The third-order valence-corrected chi connectivity index (χ3v) is 5.52. The van der Waals surface area contributed by atoms with Gasteiger partial charge in [0.05, 0.1) is 24.4 Å². The molecule has 0 fully saturated rings. The summed E-state index contributed by atoms with van der Waals surface area (Å²) in [4.78, 5) is 0. The molecule has 1 N–H and O–H groups in total. The van der Waals surface area contributed by atoms with E-state index < -0.39 is 23.9 Å². The smallest absolute Gasteiger partial charge is 0.375 e. The lowest BCUT2D eigenvalue weighted by molar-refractivity contribution is -0.269. The Balaban J connectivity index is 1.90. The number of aromatic nitrogens is 4. The Hall–Kier alpha value is -2.33. The van der Waals surface area contributed by atoms with Gasteiger partial charge in [0.25, 0.3) is 16.3 Å². The fraction of sp³-hybridized carbons (Fsp3) is 0.312. The molecular formula is C16H15AlF3N5O. The predicted molar refractivity (Wildman–Crippen MR) is 89.7 cm³/mol. The van der Waals surface area contributed by atoms with Crippen LogP contribution in [-0.2, 0) is 12.1 Å². The average molecular weight is 377 g/mol. The minimum atomic E-state index is -4.83. The van der Waals surface area contributed by atoms with E-state index >= 15 is 0 Å². The van der Waals surface area contributed by atoms with Gasteiger partial charge < -0.3 is 9.51 Å². The van der Waals surface area contributed by atoms with Crippen LogP contribution in [0.5, 0.6) is 0 Å². The molecule has 3 rings (SSSR count). The summed E-state index contributed by atoms with van der Waals surface area (Å²) in [5.74, 6) is 0. The monoisotopic (exact) mass is 377 g/mol. The number of hydrogen-bond donors (Lipinski definition) is 1. The van der Waals surface area contributed by atoms with E-state index in [1.807, 2.05) is 22.7 Å². The van der Waals surface area contributed by atoms with Crippen molar-refractivity contribution in [2.75, 3.05) is 0 Å². The SMILES string of the molecule is CCC(O)(c1cn(Cc2ccn3[c]([AlH2])c(C#N)cc3c2)nn1)C(F)(F)F. The van der Waals surface area contributed by atoms with Gasteiger partial charge in [0.15, 0.2) is 0 Å². The van der Waals surface area contributed by atoms with Gasteiger partial charge in [-0.25, -0.2) is 4.68 Å². The first-order valence-electron chi connectivity index (χ1n) is 7.90. The summed E-state index contributed by atoms with van der Waals surface area (Å²) in [5.41, 5.74) is -1.28. The van der Waals surface area contributed by atoms with Crippen LogP contribution >= 0.6 is 0 Å². The molecule has 0 aromatic carbocycles. The molecule has 0 aliphatic heterocycles. The molecule has 0 amide bonds. The summed E-state index contributed by atoms with van der Waals surface area (Å²) < 4.78 is 43.5. The fourth-order valence-corrected chi connectivity index (χ4v) is 3.52. The molecule has 0 saturated carbocycles. The molecule has 0 aliphatic rings. The Morgan fingerprint density at radius 2 is 2.08 bits per heavy atom. The van der Waals surface area contributed by atoms with Crippen molar-refractivity contribution in [1.29, 1.82) is 5.26 Å². The highest BCUT2D eigenvalue weighted by molar-refractivity contribution is 6.33. The molecule has 26 heavy (non-hydrogen) atoms. The summed E-state index contributed by atoms with van der Waals surface area (Å²) in [6.07, 6.45) is -2.45. The van der Waals surface area contributed by atoms with Gasteiger partial charge in [-0.2, -0.15) is 18.4 Å². The summed E-state index contributed by atoms with van der Waals surface area (Å²) in [6, 6.07) is 7.58. The van der Waals surface area contributed by atoms with Crippen molar-refractivity contribution < 1.29 is 18.3 Å². The van der Waals surface area contributed by atoms with E-state index in [9.17, 15) is 18.3 Å². The Labute approximate surface area is 154 Å². The first-order chi connectivity index (χ1) is 12.2. The van der Waals surface area contributed by atoms with E-state index in [-0.39, 0.29) is 6.54 Å². The third kappa shape index (κ3) is 2.99. The molecule has 0 bridgehead atoms. The van der Waals surface area contributed by atoms with Gasteiger partial charge in [0.2, 0.25) is 5.60 Å². The largest absolute Gasteiger partial charge is 0.423 e. The van der Waals surface area contributed by atoms with E-state index in [1.54, 1.807) is 6.07 Å². The zero-order chi connectivity index (χ0) is 19.1. The van der Waals surface area contributed by atoms with Gasteiger partial charge in [0.1, 0.15) is 5.69 Å². The van der Waals surface area contributed by atoms with Crippen molar-refractivity contribution in [2.24, 2.45) is 0 Å². The summed E-state index contributed by atoms with van der Waals surface area (Å²) >= 11 is 0.718. The van der Waals surface area contributed by atoms with Crippen LogP contribution in [-0.4, -0.2) is 47.0 Å². The van der Waals surface area contributed by atoms with Crippen molar-refractivity contribution in [2.45, 2.75) is 31.7 Å². The number of rotatable bonds is 4. The zero-order valence-electron chi connectivity index (χ0n) is 14.1. The zero-order valence-corrected chi connectivity index (χ0v) is 16.1. The van der Waals surface area contributed by atoms with Gasteiger partial charge in [-0.15, -0.1) is 5.10 Å². The molecule has 0 saturated heterocycles. The number of aliphatic hydroxyl groups is 1. The second-order valence-electron chi connectivity index (χ2n) is 6.10. The van der Waals surface area contributed by atoms with Gasteiger partial charge in [-0.3, -0.25) is 0 Å². The van der Waals surface area contributed by atoms with Crippen LogP contribution < -0.4 is 4.56 Å². The van der Waals surface area contributed by atoms with Gasteiger partial charge in [-0.05, 0) is 34.7 Å². The highest BCUT2D eigenvalue weighted by atomic mass is 27.0. The van der Waals surface area contributed by atoms with Crippen molar-refractivity contribution in [3.8, 4) is 6.07 Å². The first-order valence-corrected chi connectivity index (χ1v) is 8.90. The molecule has 3 aromatic heterocycles. The molecule has 1 atom stereocenters. The Bertz CT molecular complexity index is 1000. The minimum Gasteiger partial charge on any atom is -0.375 e. The standard InChI is InChI=1S/C16H13F3N5O.Al.2H/c1-2-15(25,16(17,18)19)14-10-24(22-21-14)9-11-3-4-23-8-12(7-20)6-13(23)5-11;;;/h3-6,10,25H,2,9H2,1H3;;;. The summed E-state index contributed by atoms with van der Waals surface area (Å²) in [6.45, 7) is 1.44. The van der Waals surface area contributed by atoms with Crippen LogP contribution in [0.3, 0.4) is 0 Å². The second kappa shape index (κ2) is 6.44. The quantitative estimate of drug-likeness (QED) is 0.685. The number of fused-ring (bicyclic) bond motifs is 1. The second-order valence-corrected chi connectivity index (χ2v) is 7.05. The van der Waals surface area contributed by atoms with Crippen molar-refractivity contribution in [1.82, 2.24) is 19.4 Å². The topological polar surface area (TPSA) is 79.1 Å². The number of pyridine rings is 1. The summed E-state index contributed by atoms with van der Waals surface area (Å²) in [5, 5.41) is 26.3. The number of nitriles is 1. The number of halogens is 3. The molecular weight excluding hydrogens is 362 g/mol. The van der Waals surface area contributed by atoms with E-state index in [1.165, 1.54) is 11.6 Å². The normalized spacial score (nSPS) is 14.3. The minimum absolute atomic E-state index is 0.199. The molecule has 134 valence electrons. The highest BCUT2D eigenvalue weighted by Gasteiger charge is 2.55. The number of alkyl halides is 3. The lowest BCUT2D eigenvalue weighted by Crippen LogP contribution is -2.42. The molecule has 6 nitrogen and oxygen atoms in total. The molecule has 3 heterocycles. The summed E-state index contributed by atoms with van der Waals surface area (Å²) in [7, 11) is 0. The van der Waals surface area contributed by atoms with Crippen LogP contribution in [0.15, 0.2) is 30.6 Å². The van der Waals surface area contributed by atoms with E-state index in [2.05, 4.69) is 16.4 Å². The lowest BCUT2D eigenvalue weighted by Gasteiger charge is -2.26. The van der Waals surface area contributed by atoms with E-state index in [0.29, 0.717) is 5.56 Å². The molecule has 0 aliphatic carbocycles. The van der Waals surface area contributed by atoms with Crippen molar-refractivity contribution >= 4 is 26.4 Å². The van der Waals surface area contributed by atoms with Gasteiger partial charge >= 0.3 is 6.18 Å². The van der Waals surface area contributed by atoms with E-state index in [4.69, 9.17) is 5.26 Å². The highest BCUT2D eigenvalue weighted by Crippen LogP contribution is 2.40. The van der Waals surface area contributed by atoms with Gasteiger partial charge in [0, 0.05) is 11.7 Å². The molecule has 3 aromatic rings. The fourth-order valence-electron chi connectivity index (χ4n) is 2.85. The van der Waals surface area contributed by atoms with Crippen LogP contribution in [0.4, 0.5) is 13.2 Å². The molecule has 0 spiro atoms. The van der Waals surface area contributed by atoms with Crippen LogP contribution in [0.1, 0.15) is 30.2 Å². The third-order valence-electron chi connectivity index (χ3n) is 4.50. The van der Waals surface area contributed by atoms with E-state index in [0.717, 1.165) is 38.1 Å². The van der Waals surface area contributed by atoms with Crippen LogP contribution in [0.2, 0.25) is 0 Å². The Kier molecular flexibility index (Phi) is 4.57.